The first-order valence-corrected chi connectivity index (χ1v) is 7.12. The Morgan fingerprint density at radius 3 is 2.50 bits per heavy atom. The highest BCUT2D eigenvalue weighted by Crippen LogP contribution is 2.08. The number of carboxylic acid groups (broad SMARTS) is 1. The summed E-state index contributed by atoms with van der Waals surface area (Å²) in [7, 11) is 0. The Labute approximate surface area is 128 Å². The van der Waals surface area contributed by atoms with Gasteiger partial charge in [0.2, 0.25) is 0 Å². The fourth-order valence-electron chi connectivity index (χ4n) is 1.96. The molecule has 1 aromatic heterocycles. The van der Waals surface area contributed by atoms with E-state index < -0.39 is 5.97 Å². The van der Waals surface area contributed by atoms with Gasteiger partial charge in [-0.25, -0.2) is 4.79 Å². The predicted molar refractivity (Wildman–Crippen MR) is 83.5 cm³/mol. The van der Waals surface area contributed by atoms with Gasteiger partial charge in [-0.1, -0.05) is 26.0 Å². The van der Waals surface area contributed by atoms with Crippen LogP contribution in [0.4, 0.5) is 0 Å². The van der Waals surface area contributed by atoms with Crippen molar-refractivity contribution >= 4 is 5.97 Å². The highest BCUT2D eigenvalue weighted by molar-refractivity contribution is 5.87. The number of nitrogens with zero attached hydrogens (tertiary/aromatic N) is 1. The molecule has 0 saturated carbocycles. The lowest BCUT2D eigenvalue weighted by atomic mass is 10.1. The van der Waals surface area contributed by atoms with Crippen LogP contribution in [0.2, 0.25) is 0 Å². The predicted octanol–water partition coefficient (Wildman–Crippen LogP) is 2.63. The van der Waals surface area contributed by atoms with E-state index >= 15 is 0 Å². The van der Waals surface area contributed by atoms with E-state index in [1.54, 1.807) is 35.0 Å². The zero-order valence-electron chi connectivity index (χ0n) is 12.7. The first-order chi connectivity index (χ1) is 10.5. The maximum absolute atomic E-state index is 12.3. The van der Waals surface area contributed by atoms with Crippen molar-refractivity contribution in [1.82, 2.24) is 4.57 Å². The molecular weight excluding hydrogens is 282 g/mol. The van der Waals surface area contributed by atoms with Crippen LogP contribution in [0, 0.1) is 5.92 Å². The molecule has 0 aliphatic heterocycles. The van der Waals surface area contributed by atoms with E-state index in [0.717, 1.165) is 5.56 Å². The molecule has 22 heavy (non-hydrogen) atoms. The molecule has 0 spiro atoms. The summed E-state index contributed by atoms with van der Waals surface area (Å²) in [5, 5.41) is 8.88. The topological polar surface area (TPSA) is 68.5 Å². The van der Waals surface area contributed by atoms with Gasteiger partial charge in [0.15, 0.2) is 5.75 Å². The largest absolute Gasteiger partial charge is 0.488 e. The van der Waals surface area contributed by atoms with E-state index in [9.17, 15) is 9.59 Å². The zero-order chi connectivity index (χ0) is 16.1. The summed E-state index contributed by atoms with van der Waals surface area (Å²) in [5.74, 6) is -0.289. The highest BCUT2D eigenvalue weighted by atomic mass is 16.5. The zero-order valence-corrected chi connectivity index (χ0v) is 12.7. The number of hydrogen-bond acceptors (Lipinski definition) is 3. The van der Waals surface area contributed by atoms with Crippen molar-refractivity contribution in [3.05, 3.63) is 64.1 Å². The molecule has 116 valence electrons. The maximum Gasteiger partial charge on any atom is 0.335 e. The molecule has 0 unspecified atom stereocenters. The number of rotatable bonds is 6. The molecular formula is C17H19NO4. The van der Waals surface area contributed by atoms with Crippen molar-refractivity contribution in [3.8, 4) is 5.75 Å². The third-order valence-electron chi connectivity index (χ3n) is 3.11. The Morgan fingerprint density at radius 1 is 1.23 bits per heavy atom. The smallest absolute Gasteiger partial charge is 0.335 e. The molecule has 0 bridgehead atoms. The fraction of sp³-hybridized carbons (Fsp3) is 0.294. The van der Waals surface area contributed by atoms with Gasteiger partial charge in [-0.2, -0.15) is 0 Å². The number of hydrogen-bond donors (Lipinski definition) is 1. The second-order valence-electron chi connectivity index (χ2n) is 5.51. The van der Waals surface area contributed by atoms with Crippen molar-refractivity contribution in [2.75, 3.05) is 6.61 Å². The van der Waals surface area contributed by atoms with Crippen LogP contribution in [0.3, 0.4) is 0 Å². The van der Waals surface area contributed by atoms with Gasteiger partial charge in [0, 0.05) is 6.20 Å². The van der Waals surface area contributed by atoms with Crippen LogP contribution in [0.25, 0.3) is 0 Å². The minimum atomic E-state index is -0.965. The van der Waals surface area contributed by atoms with Crippen LogP contribution in [0.1, 0.15) is 29.8 Å². The molecule has 5 heteroatoms. The van der Waals surface area contributed by atoms with E-state index in [2.05, 4.69) is 0 Å². The number of pyridine rings is 1. The Morgan fingerprint density at radius 2 is 1.91 bits per heavy atom. The first-order valence-electron chi connectivity index (χ1n) is 7.12. The van der Waals surface area contributed by atoms with Crippen LogP contribution >= 0.6 is 0 Å². The van der Waals surface area contributed by atoms with Crippen molar-refractivity contribution in [2.24, 2.45) is 5.92 Å². The van der Waals surface area contributed by atoms with E-state index in [-0.39, 0.29) is 11.1 Å². The van der Waals surface area contributed by atoms with Gasteiger partial charge in [-0.3, -0.25) is 4.79 Å². The monoisotopic (exact) mass is 301 g/mol. The number of carbonyl (C=O) groups is 1. The maximum atomic E-state index is 12.3. The lowest BCUT2D eigenvalue weighted by Gasteiger charge is -2.11. The Balaban J connectivity index is 2.17. The summed E-state index contributed by atoms with van der Waals surface area (Å²) >= 11 is 0. The normalized spacial score (nSPS) is 10.7. The standard InChI is InChI=1S/C17H19NO4/c1-12(2)11-22-15-4-3-9-18(16(15)19)10-13-5-7-14(8-6-13)17(20)21/h3-9,12H,10-11H2,1-2H3,(H,20,21). The van der Waals surface area contributed by atoms with Crippen LogP contribution in [0.15, 0.2) is 47.4 Å². The SMILES string of the molecule is CC(C)COc1cccn(Cc2ccc(C(=O)O)cc2)c1=O. The van der Waals surface area contributed by atoms with E-state index in [4.69, 9.17) is 9.84 Å². The average molecular weight is 301 g/mol. The van der Waals surface area contributed by atoms with Gasteiger partial charge in [0.25, 0.3) is 5.56 Å². The molecule has 2 aromatic rings. The number of aromatic carboxylic acids is 1. The van der Waals surface area contributed by atoms with Crippen molar-refractivity contribution in [2.45, 2.75) is 20.4 Å². The van der Waals surface area contributed by atoms with Gasteiger partial charge in [-0.05, 0) is 35.7 Å². The summed E-state index contributed by atoms with van der Waals surface area (Å²) in [4.78, 5) is 23.1. The van der Waals surface area contributed by atoms with Crippen molar-refractivity contribution in [3.63, 3.8) is 0 Å². The minimum absolute atomic E-state index is 0.189. The molecule has 1 heterocycles. The van der Waals surface area contributed by atoms with E-state index in [0.29, 0.717) is 24.8 Å². The van der Waals surface area contributed by atoms with Gasteiger partial charge < -0.3 is 14.4 Å². The fourth-order valence-corrected chi connectivity index (χ4v) is 1.96. The Hall–Kier alpha value is -2.56. The van der Waals surface area contributed by atoms with Gasteiger partial charge >= 0.3 is 5.97 Å². The molecule has 0 amide bonds. The van der Waals surface area contributed by atoms with Gasteiger partial charge in [-0.15, -0.1) is 0 Å². The van der Waals surface area contributed by atoms with Crippen LogP contribution in [0.5, 0.6) is 5.75 Å². The van der Waals surface area contributed by atoms with Gasteiger partial charge in [0.1, 0.15) is 0 Å². The quantitative estimate of drug-likeness (QED) is 0.890. The van der Waals surface area contributed by atoms with E-state index in [1.807, 2.05) is 13.8 Å². The van der Waals surface area contributed by atoms with Crippen LogP contribution < -0.4 is 10.3 Å². The molecule has 0 radical (unpaired) electrons. The third-order valence-corrected chi connectivity index (χ3v) is 3.11. The number of benzene rings is 1. The van der Waals surface area contributed by atoms with Crippen molar-refractivity contribution < 1.29 is 14.6 Å². The molecule has 1 N–H and O–H groups in total. The number of ether oxygens (including phenoxy) is 1. The second-order valence-corrected chi connectivity index (χ2v) is 5.51. The average Bonchev–Trinajstić information content (AvgIpc) is 2.48. The Kier molecular flexibility index (Phi) is 4.99. The summed E-state index contributed by atoms with van der Waals surface area (Å²) < 4.78 is 7.06. The molecule has 0 aliphatic rings. The Bertz CT molecular complexity index is 701. The molecule has 2 rings (SSSR count). The second kappa shape index (κ2) is 6.93. The molecule has 0 saturated heterocycles. The lowest BCUT2D eigenvalue weighted by Crippen LogP contribution is -2.22. The highest BCUT2D eigenvalue weighted by Gasteiger charge is 2.07. The van der Waals surface area contributed by atoms with Crippen molar-refractivity contribution in [1.29, 1.82) is 0 Å². The van der Waals surface area contributed by atoms with Gasteiger partial charge in [0.05, 0.1) is 18.7 Å². The first kappa shape index (κ1) is 15.8. The molecule has 0 fully saturated rings. The summed E-state index contributed by atoms with van der Waals surface area (Å²) in [5.41, 5.74) is 0.892. The molecule has 1 aromatic carbocycles. The minimum Gasteiger partial charge on any atom is -0.488 e. The summed E-state index contributed by atoms with van der Waals surface area (Å²) in [6, 6.07) is 9.90. The third kappa shape index (κ3) is 3.97. The molecule has 0 aliphatic carbocycles. The van der Waals surface area contributed by atoms with E-state index in [1.165, 1.54) is 12.1 Å². The summed E-state index contributed by atoms with van der Waals surface area (Å²) in [6.45, 7) is 4.90. The van der Waals surface area contributed by atoms with Crippen LogP contribution in [-0.2, 0) is 6.54 Å². The number of carboxylic acids is 1. The lowest BCUT2D eigenvalue weighted by molar-refractivity contribution is 0.0697. The molecule has 0 atom stereocenters. The van der Waals surface area contributed by atoms with Crippen LogP contribution in [-0.4, -0.2) is 22.2 Å². The molecule has 5 nitrogen and oxygen atoms in total. The summed E-state index contributed by atoms with van der Waals surface area (Å²) in [6.07, 6.45) is 1.69. The number of aromatic nitrogens is 1.